The Morgan fingerprint density at radius 3 is 2.75 bits per heavy atom. The first-order valence-corrected chi connectivity index (χ1v) is 9.77. The number of amides is 1. The van der Waals surface area contributed by atoms with Crippen LogP contribution in [-0.4, -0.2) is 50.0 Å². The maximum Gasteiger partial charge on any atom is 0.252 e. The molecule has 1 aliphatic heterocycles. The molecule has 0 bridgehead atoms. The lowest BCUT2D eigenvalue weighted by molar-refractivity contribution is -0.130. The highest BCUT2D eigenvalue weighted by Gasteiger charge is 2.35. The molecule has 1 fully saturated rings. The fourth-order valence-corrected chi connectivity index (χ4v) is 4.30. The molecule has 2 atom stereocenters. The fourth-order valence-electron chi connectivity index (χ4n) is 4.30. The second-order valence-electron chi connectivity index (χ2n) is 7.54. The van der Waals surface area contributed by atoms with E-state index in [0.717, 1.165) is 30.0 Å². The van der Waals surface area contributed by atoms with Crippen molar-refractivity contribution < 1.29 is 4.79 Å². The number of nitrogens with two attached hydrogens (primary N) is 1. The van der Waals surface area contributed by atoms with E-state index in [9.17, 15) is 4.79 Å². The molecule has 3 aromatic rings. The van der Waals surface area contributed by atoms with Crippen LogP contribution in [-0.2, 0) is 11.2 Å². The summed E-state index contributed by atoms with van der Waals surface area (Å²) in [5, 5.41) is 4.22. The highest BCUT2D eigenvalue weighted by molar-refractivity contribution is 5.77. The molecular formula is C21H26N6O. The molecule has 1 aromatic carbocycles. The van der Waals surface area contributed by atoms with Crippen molar-refractivity contribution in [2.75, 3.05) is 19.6 Å². The Kier molecular flexibility index (Phi) is 5.09. The molecule has 2 N–H and O–H groups in total. The molecule has 4 rings (SSSR count). The third-order valence-electron chi connectivity index (χ3n) is 5.90. The van der Waals surface area contributed by atoms with Gasteiger partial charge in [-0.2, -0.15) is 10.1 Å². The SMILES string of the molecule is Cc1nc2ncnn2c(C)c1CCC(=O)N1C[C@@H](CN)[C@H](c2ccccc2)C1. The summed E-state index contributed by atoms with van der Waals surface area (Å²) >= 11 is 0. The van der Waals surface area contributed by atoms with E-state index < -0.39 is 0 Å². The van der Waals surface area contributed by atoms with E-state index >= 15 is 0 Å². The average Bonchev–Trinajstić information content (AvgIpc) is 3.35. The summed E-state index contributed by atoms with van der Waals surface area (Å²) in [5.74, 6) is 1.39. The van der Waals surface area contributed by atoms with E-state index in [0.29, 0.717) is 37.0 Å². The highest BCUT2D eigenvalue weighted by atomic mass is 16.2. The molecule has 0 spiro atoms. The van der Waals surface area contributed by atoms with Gasteiger partial charge in [0.2, 0.25) is 5.91 Å². The third-order valence-corrected chi connectivity index (χ3v) is 5.90. The van der Waals surface area contributed by atoms with Crippen molar-refractivity contribution in [3.05, 3.63) is 59.2 Å². The topological polar surface area (TPSA) is 89.4 Å². The number of aromatic nitrogens is 4. The standard InChI is InChI=1S/C21H26N6O/c1-14-18(15(2)27-21(25-14)23-13-24-27)8-9-20(28)26-11-17(10-22)19(12-26)16-6-4-3-5-7-16/h3-7,13,17,19H,8-12,22H2,1-2H3/t17-,19+/m1/s1. The first kappa shape index (κ1) is 18.6. The highest BCUT2D eigenvalue weighted by Crippen LogP contribution is 2.32. The number of hydrogen-bond donors (Lipinski definition) is 1. The van der Waals surface area contributed by atoms with Crippen molar-refractivity contribution in [1.29, 1.82) is 0 Å². The van der Waals surface area contributed by atoms with Gasteiger partial charge in [0.05, 0.1) is 0 Å². The van der Waals surface area contributed by atoms with Gasteiger partial charge in [-0.25, -0.2) is 9.50 Å². The smallest absolute Gasteiger partial charge is 0.252 e. The van der Waals surface area contributed by atoms with Gasteiger partial charge < -0.3 is 10.6 Å². The second kappa shape index (κ2) is 7.67. The van der Waals surface area contributed by atoms with Crippen LogP contribution in [0.3, 0.4) is 0 Å². The Balaban J connectivity index is 1.46. The van der Waals surface area contributed by atoms with Gasteiger partial charge in [0, 0.05) is 36.8 Å². The Bertz CT molecular complexity index is 983. The Labute approximate surface area is 164 Å². The van der Waals surface area contributed by atoms with Crippen LogP contribution in [0.15, 0.2) is 36.7 Å². The van der Waals surface area contributed by atoms with Gasteiger partial charge in [-0.05, 0) is 43.9 Å². The van der Waals surface area contributed by atoms with Crippen LogP contribution < -0.4 is 5.73 Å². The lowest BCUT2D eigenvalue weighted by Gasteiger charge is -2.17. The van der Waals surface area contributed by atoms with Gasteiger partial charge in [-0.1, -0.05) is 30.3 Å². The second-order valence-corrected chi connectivity index (χ2v) is 7.54. The number of benzene rings is 1. The minimum Gasteiger partial charge on any atom is -0.342 e. The monoisotopic (exact) mass is 378 g/mol. The molecule has 0 unspecified atom stereocenters. The maximum absolute atomic E-state index is 12.9. The maximum atomic E-state index is 12.9. The van der Waals surface area contributed by atoms with E-state index in [2.05, 4.69) is 27.2 Å². The molecule has 3 heterocycles. The van der Waals surface area contributed by atoms with Crippen LogP contribution in [0, 0.1) is 19.8 Å². The van der Waals surface area contributed by atoms with E-state index in [1.807, 2.05) is 36.9 Å². The molecular weight excluding hydrogens is 352 g/mol. The van der Waals surface area contributed by atoms with E-state index in [4.69, 9.17) is 5.73 Å². The minimum absolute atomic E-state index is 0.175. The first-order chi connectivity index (χ1) is 13.6. The van der Waals surface area contributed by atoms with Gasteiger partial charge in [0.1, 0.15) is 6.33 Å². The molecule has 1 amide bonds. The van der Waals surface area contributed by atoms with Gasteiger partial charge in [0.25, 0.3) is 5.78 Å². The number of carbonyl (C=O) groups is 1. The summed E-state index contributed by atoms with van der Waals surface area (Å²) in [7, 11) is 0. The zero-order valence-electron chi connectivity index (χ0n) is 16.4. The lowest BCUT2D eigenvalue weighted by Crippen LogP contribution is -2.30. The number of fused-ring (bicyclic) bond motifs is 1. The van der Waals surface area contributed by atoms with Gasteiger partial charge in [0.15, 0.2) is 0 Å². The van der Waals surface area contributed by atoms with Crippen LogP contribution in [0.5, 0.6) is 0 Å². The summed E-state index contributed by atoms with van der Waals surface area (Å²) in [6.45, 7) is 6.03. The fraction of sp³-hybridized carbons (Fsp3) is 0.429. The van der Waals surface area contributed by atoms with Crippen LogP contribution in [0.1, 0.15) is 34.9 Å². The van der Waals surface area contributed by atoms with Crippen molar-refractivity contribution in [2.45, 2.75) is 32.6 Å². The number of rotatable bonds is 5. The van der Waals surface area contributed by atoms with Crippen molar-refractivity contribution in [1.82, 2.24) is 24.5 Å². The molecule has 1 aliphatic rings. The summed E-state index contributed by atoms with van der Waals surface area (Å²) in [5.41, 5.74) is 10.3. The average molecular weight is 378 g/mol. The van der Waals surface area contributed by atoms with Crippen LogP contribution in [0.2, 0.25) is 0 Å². The van der Waals surface area contributed by atoms with E-state index in [-0.39, 0.29) is 5.91 Å². The van der Waals surface area contributed by atoms with Crippen LogP contribution in [0.25, 0.3) is 5.78 Å². The minimum atomic E-state index is 0.175. The molecule has 7 nitrogen and oxygen atoms in total. The molecule has 7 heteroatoms. The molecule has 28 heavy (non-hydrogen) atoms. The summed E-state index contributed by atoms with van der Waals surface area (Å²) in [6, 6.07) is 10.4. The van der Waals surface area contributed by atoms with Crippen molar-refractivity contribution in [3.63, 3.8) is 0 Å². The summed E-state index contributed by atoms with van der Waals surface area (Å²) < 4.78 is 1.73. The third kappa shape index (κ3) is 3.38. The molecule has 0 radical (unpaired) electrons. The number of nitrogens with zero attached hydrogens (tertiary/aromatic N) is 5. The van der Waals surface area contributed by atoms with Crippen LogP contribution in [0.4, 0.5) is 0 Å². The van der Waals surface area contributed by atoms with Crippen LogP contribution >= 0.6 is 0 Å². The Hall–Kier alpha value is -2.80. The zero-order valence-corrected chi connectivity index (χ0v) is 16.4. The van der Waals surface area contributed by atoms with E-state index in [1.165, 1.54) is 11.9 Å². The first-order valence-electron chi connectivity index (χ1n) is 9.77. The predicted octanol–water partition coefficient (Wildman–Crippen LogP) is 1.87. The Morgan fingerprint density at radius 2 is 2.00 bits per heavy atom. The zero-order chi connectivity index (χ0) is 19.7. The van der Waals surface area contributed by atoms with Crippen molar-refractivity contribution in [2.24, 2.45) is 11.7 Å². The lowest BCUT2D eigenvalue weighted by atomic mass is 9.89. The molecule has 146 valence electrons. The normalized spacial score (nSPS) is 19.5. The largest absolute Gasteiger partial charge is 0.342 e. The molecule has 0 saturated carbocycles. The van der Waals surface area contributed by atoms with E-state index in [1.54, 1.807) is 4.52 Å². The molecule has 2 aromatic heterocycles. The summed E-state index contributed by atoms with van der Waals surface area (Å²) in [6.07, 6.45) is 2.62. The predicted molar refractivity (Wildman–Crippen MR) is 107 cm³/mol. The van der Waals surface area contributed by atoms with Gasteiger partial charge >= 0.3 is 0 Å². The quantitative estimate of drug-likeness (QED) is 0.732. The number of aryl methyl sites for hydroxylation is 2. The van der Waals surface area contributed by atoms with Gasteiger partial charge in [-0.15, -0.1) is 0 Å². The molecule has 1 saturated heterocycles. The number of hydrogen-bond acceptors (Lipinski definition) is 5. The number of carbonyl (C=O) groups excluding carboxylic acids is 1. The molecule has 0 aliphatic carbocycles. The van der Waals surface area contributed by atoms with Gasteiger partial charge in [-0.3, -0.25) is 4.79 Å². The number of likely N-dealkylation sites (tertiary alicyclic amines) is 1. The summed E-state index contributed by atoms with van der Waals surface area (Å²) in [4.78, 5) is 23.5. The Morgan fingerprint density at radius 1 is 1.21 bits per heavy atom. The van der Waals surface area contributed by atoms with Crippen molar-refractivity contribution >= 4 is 11.7 Å². The van der Waals surface area contributed by atoms with Crippen molar-refractivity contribution in [3.8, 4) is 0 Å².